The van der Waals surface area contributed by atoms with Crippen LogP contribution in [0.25, 0.3) is 0 Å². The van der Waals surface area contributed by atoms with E-state index in [0.29, 0.717) is 13.2 Å². The summed E-state index contributed by atoms with van der Waals surface area (Å²) in [6.45, 7) is 7.60. The summed E-state index contributed by atoms with van der Waals surface area (Å²) in [7, 11) is 0. The molecule has 60 valence electrons. The Morgan fingerprint density at radius 3 is 2.10 bits per heavy atom. The fourth-order valence-corrected chi connectivity index (χ4v) is 0.443. The zero-order valence-corrected chi connectivity index (χ0v) is 6.48. The van der Waals surface area contributed by atoms with Crippen molar-refractivity contribution in [2.45, 2.75) is 20.8 Å². The minimum absolute atomic E-state index is 0. The van der Waals surface area contributed by atoms with Crippen LogP contribution in [0.1, 0.15) is 20.8 Å². The van der Waals surface area contributed by atoms with Gasteiger partial charge in [-0.3, -0.25) is 0 Å². The van der Waals surface area contributed by atoms with E-state index in [1.54, 1.807) is 0 Å². The second kappa shape index (κ2) is 6.86. The van der Waals surface area contributed by atoms with Crippen molar-refractivity contribution in [2.75, 3.05) is 19.8 Å². The molecule has 0 unspecified atom stereocenters. The minimum atomic E-state index is 0. The van der Waals surface area contributed by atoms with Crippen LogP contribution in [0.5, 0.6) is 0 Å². The van der Waals surface area contributed by atoms with Gasteiger partial charge in [-0.25, -0.2) is 0 Å². The van der Waals surface area contributed by atoms with E-state index in [2.05, 4.69) is 20.8 Å². The molecule has 0 atom stereocenters. The predicted molar refractivity (Wildman–Crippen MR) is 45.9 cm³/mol. The Labute approximate surface area is 93.0 Å². The van der Waals surface area contributed by atoms with Gasteiger partial charge in [0.2, 0.25) is 0 Å². The second-order valence-electron chi connectivity index (χ2n) is 3.34. The van der Waals surface area contributed by atoms with Crippen LogP contribution in [0.15, 0.2) is 0 Å². The van der Waals surface area contributed by atoms with Crippen molar-refractivity contribution in [1.82, 2.24) is 0 Å². The summed E-state index contributed by atoms with van der Waals surface area (Å²) < 4.78 is 5.10. The van der Waals surface area contributed by atoms with Crippen molar-refractivity contribution in [3.63, 3.8) is 0 Å². The summed E-state index contributed by atoms with van der Waals surface area (Å²) in [6, 6.07) is 0. The Kier molecular flexibility index (Phi) is 9.44. The third-order valence-electron chi connectivity index (χ3n) is 0.771. The Morgan fingerprint density at radius 2 is 1.80 bits per heavy atom. The van der Waals surface area contributed by atoms with E-state index in [0.717, 1.165) is 0 Å². The van der Waals surface area contributed by atoms with Crippen molar-refractivity contribution >= 4 is 37.7 Å². The summed E-state index contributed by atoms with van der Waals surface area (Å²) in [6.07, 6.45) is 0. The molecule has 0 aromatic carbocycles. The standard InChI is InChI=1S/C7H16O2.Ca.2H/c1-7(2,3)6-9-5-4-8;;;/h8H,4-6H2,1-3H3;;;. The Morgan fingerprint density at radius 1 is 1.30 bits per heavy atom. The van der Waals surface area contributed by atoms with E-state index < -0.39 is 0 Å². The molecule has 0 saturated heterocycles. The van der Waals surface area contributed by atoms with E-state index in [1.807, 2.05) is 0 Å². The molecule has 10 heavy (non-hydrogen) atoms. The van der Waals surface area contributed by atoms with Gasteiger partial charge in [-0.2, -0.15) is 0 Å². The third kappa shape index (κ3) is 11.9. The van der Waals surface area contributed by atoms with Crippen molar-refractivity contribution < 1.29 is 9.84 Å². The molecule has 0 aliphatic rings. The first-order valence-corrected chi connectivity index (χ1v) is 3.25. The normalized spacial score (nSPS) is 10.8. The zero-order valence-electron chi connectivity index (χ0n) is 6.48. The SMILES string of the molecule is CC(C)(C)COCCO.[CaH2]. The molecular weight excluding hydrogens is 156 g/mol. The monoisotopic (exact) mass is 174 g/mol. The summed E-state index contributed by atoms with van der Waals surface area (Å²) in [5.41, 5.74) is 0.217. The van der Waals surface area contributed by atoms with E-state index in [-0.39, 0.29) is 49.8 Å². The molecule has 0 saturated carbocycles. The maximum absolute atomic E-state index is 8.34. The fraction of sp³-hybridized carbons (Fsp3) is 1.00. The van der Waals surface area contributed by atoms with Crippen molar-refractivity contribution in [2.24, 2.45) is 5.41 Å². The molecule has 1 N–H and O–H groups in total. The number of rotatable bonds is 3. The van der Waals surface area contributed by atoms with Gasteiger partial charge in [0.25, 0.3) is 0 Å². The molecule has 0 aromatic heterocycles. The molecule has 3 heteroatoms. The first-order valence-electron chi connectivity index (χ1n) is 3.25. The summed E-state index contributed by atoms with van der Waals surface area (Å²) in [5.74, 6) is 0. The van der Waals surface area contributed by atoms with Gasteiger partial charge in [-0.15, -0.1) is 0 Å². The quantitative estimate of drug-likeness (QED) is 0.486. The van der Waals surface area contributed by atoms with E-state index in [1.165, 1.54) is 0 Å². The summed E-state index contributed by atoms with van der Waals surface area (Å²) in [5, 5.41) is 8.34. The topological polar surface area (TPSA) is 29.5 Å². The molecule has 2 nitrogen and oxygen atoms in total. The van der Waals surface area contributed by atoms with Crippen LogP contribution < -0.4 is 0 Å². The predicted octanol–water partition coefficient (Wildman–Crippen LogP) is 0.125. The van der Waals surface area contributed by atoms with Crippen LogP contribution in [0, 0.1) is 5.41 Å². The second-order valence-corrected chi connectivity index (χ2v) is 3.34. The Balaban J connectivity index is 0. The summed E-state index contributed by atoms with van der Waals surface area (Å²) in [4.78, 5) is 0. The number of ether oxygens (including phenoxy) is 1. The van der Waals surface area contributed by atoms with Crippen LogP contribution in [0.3, 0.4) is 0 Å². The molecule has 0 aromatic rings. The molecule has 0 heterocycles. The van der Waals surface area contributed by atoms with Crippen molar-refractivity contribution in [3.05, 3.63) is 0 Å². The van der Waals surface area contributed by atoms with Crippen molar-refractivity contribution in [3.8, 4) is 0 Å². The van der Waals surface area contributed by atoms with Crippen molar-refractivity contribution in [1.29, 1.82) is 0 Å². The molecule has 0 aliphatic carbocycles. The number of aliphatic hydroxyl groups excluding tert-OH is 1. The molecule has 0 radical (unpaired) electrons. The van der Waals surface area contributed by atoms with Crippen LogP contribution in [-0.2, 0) is 4.74 Å². The molecule has 0 fully saturated rings. The van der Waals surface area contributed by atoms with Crippen LogP contribution in [0.2, 0.25) is 0 Å². The average molecular weight is 174 g/mol. The first kappa shape index (κ1) is 13.7. The van der Waals surface area contributed by atoms with Gasteiger partial charge < -0.3 is 9.84 Å². The van der Waals surface area contributed by atoms with Crippen LogP contribution in [-0.4, -0.2) is 62.7 Å². The molecule has 0 aliphatic heterocycles. The van der Waals surface area contributed by atoms with Gasteiger partial charge in [0, 0.05) is 0 Å². The van der Waals surface area contributed by atoms with Gasteiger partial charge in [0.05, 0.1) is 19.8 Å². The average Bonchev–Trinajstić information content (AvgIpc) is 1.63. The van der Waals surface area contributed by atoms with Crippen LogP contribution in [0.4, 0.5) is 0 Å². The molecular formula is C7H18CaO2. The molecule has 0 rings (SSSR count). The van der Waals surface area contributed by atoms with Gasteiger partial charge in [0.1, 0.15) is 0 Å². The maximum atomic E-state index is 8.34. The number of hydrogen-bond donors (Lipinski definition) is 1. The van der Waals surface area contributed by atoms with E-state index in [9.17, 15) is 0 Å². The van der Waals surface area contributed by atoms with Crippen LogP contribution >= 0.6 is 0 Å². The first-order chi connectivity index (χ1) is 4.06. The fourth-order valence-electron chi connectivity index (χ4n) is 0.443. The molecule has 0 spiro atoms. The van der Waals surface area contributed by atoms with Gasteiger partial charge in [-0.1, -0.05) is 20.8 Å². The molecule has 0 amide bonds. The molecule has 0 bridgehead atoms. The zero-order chi connectivity index (χ0) is 7.33. The Hall–Kier alpha value is 1.18. The number of aliphatic hydroxyl groups is 1. The van der Waals surface area contributed by atoms with E-state index in [4.69, 9.17) is 9.84 Å². The van der Waals surface area contributed by atoms with Gasteiger partial charge >= 0.3 is 37.7 Å². The van der Waals surface area contributed by atoms with E-state index >= 15 is 0 Å². The third-order valence-corrected chi connectivity index (χ3v) is 0.771. The van der Waals surface area contributed by atoms with Gasteiger partial charge in [0.15, 0.2) is 0 Å². The van der Waals surface area contributed by atoms with Gasteiger partial charge in [-0.05, 0) is 5.41 Å². The summed E-state index contributed by atoms with van der Waals surface area (Å²) >= 11 is 0. The number of hydrogen-bond acceptors (Lipinski definition) is 2. The Bertz CT molecular complexity index is 68.5.